The number of carbonyl (C=O) groups excluding carboxylic acids is 1. The second kappa shape index (κ2) is 7.31. The molecule has 28 heavy (non-hydrogen) atoms. The van der Waals surface area contributed by atoms with Crippen molar-refractivity contribution in [3.8, 4) is 0 Å². The van der Waals surface area contributed by atoms with E-state index in [4.69, 9.17) is 4.42 Å². The smallest absolute Gasteiger partial charge is 0.230 e. The van der Waals surface area contributed by atoms with Crippen LogP contribution in [0.2, 0.25) is 0 Å². The molecule has 0 fully saturated rings. The van der Waals surface area contributed by atoms with Crippen molar-refractivity contribution in [3.63, 3.8) is 0 Å². The van der Waals surface area contributed by atoms with Gasteiger partial charge in [-0.1, -0.05) is 54.1 Å². The Balaban J connectivity index is 1.74. The standard InChI is InChI=1S/C24H20FNO2/c1-15-6-5-7-17(12-15)14-26-22-19-8-3-4-9-21(19)28-24(22)23(27)18-11-10-16(2)20(25)13-18/h3-13,26H,14H2,1-2H3. The van der Waals surface area contributed by atoms with Crippen LogP contribution in [-0.2, 0) is 6.54 Å². The number of rotatable bonds is 5. The van der Waals surface area contributed by atoms with E-state index in [9.17, 15) is 9.18 Å². The average molecular weight is 373 g/mol. The summed E-state index contributed by atoms with van der Waals surface area (Å²) in [6.45, 7) is 4.25. The number of aryl methyl sites for hydroxylation is 2. The zero-order valence-corrected chi connectivity index (χ0v) is 15.8. The molecule has 140 valence electrons. The van der Waals surface area contributed by atoms with Gasteiger partial charge in [0, 0.05) is 17.5 Å². The monoisotopic (exact) mass is 373 g/mol. The largest absolute Gasteiger partial charge is 0.450 e. The van der Waals surface area contributed by atoms with Crippen molar-refractivity contribution in [1.29, 1.82) is 0 Å². The van der Waals surface area contributed by atoms with Gasteiger partial charge in [-0.25, -0.2) is 4.39 Å². The number of furan rings is 1. The van der Waals surface area contributed by atoms with E-state index >= 15 is 0 Å². The second-order valence-corrected chi connectivity index (χ2v) is 6.94. The Kier molecular flexibility index (Phi) is 4.70. The van der Waals surface area contributed by atoms with Gasteiger partial charge in [0.05, 0.1) is 5.69 Å². The maximum atomic E-state index is 14.0. The van der Waals surface area contributed by atoms with E-state index in [1.165, 1.54) is 11.6 Å². The van der Waals surface area contributed by atoms with E-state index < -0.39 is 5.82 Å². The molecule has 0 spiro atoms. The molecular weight excluding hydrogens is 353 g/mol. The molecule has 0 saturated heterocycles. The molecule has 4 rings (SSSR count). The Morgan fingerprint density at radius 3 is 2.61 bits per heavy atom. The molecule has 0 radical (unpaired) electrons. The number of fused-ring (bicyclic) bond motifs is 1. The molecule has 1 aromatic heterocycles. The predicted molar refractivity (Wildman–Crippen MR) is 109 cm³/mol. The first-order valence-corrected chi connectivity index (χ1v) is 9.15. The van der Waals surface area contributed by atoms with Crippen LogP contribution in [0.4, 0.5) is 10.1 Å². The molecule has 0 bridgehead atoms. The fourth-order valence-electron chi connectivity index (χ4n) is 3.26. The maximum absolute atomic E-state index is 14.0. The Morgan fingerprint density at radius 1 is 1.00 bits per heavy atom. The number of halogens is 1. The first-order valence-electron chi connectivity index (χ1n) is 9.15. The van der Waals surface area contributed by atoms with Gasteiger partial charge in [-0.15, -0.1) is 0 Å². The minimum atomic E-state index is -0.406. The van der Waals surface area contributed by atoms with Crippen molar-refractivity contribution in [3.05, 3.63) is 101 Å². The van der Waals surface area contributed by atoms with Crippen LogP contribution in [0.25, 0.3) is 11.0 Å². The van der Waals surface area contributed by atoms with Crippen molar-refractivity contribution >= 4 is 22.4 Å². The van der Waals surface area contributed by atoms with Crippen molar-refractivity contribution in [1.82, 2.24) is 0 Å². The van der Waals surface area contributed by atoms with Crippen LogP contribution in [0.15, 0.2) is 71.1 Å². The number of hydrogen-bond donors (Lipinski definition) is 1. The van der Waals surface area contributed by atoms with E-state index in [-0.39, 0.29) is 17.1 Å². The van der Waals surface area contributed by atoms with Gasteiger partial charge in [0.2, 0.25) is 5.78 Å². The van der Waals surface area contributed by atoms with Gasteiger partial charge in [0.25, 0.3) is 0 Å². The fraction of sp³-hybridized carbons (Fsp3) is 0.125. The fourth-order valence-corrected chi connectivity index (χ4v) is 3.26. The molecule has 3 aromatic carbocycles. The molecule has 0 aliphatic heterocycles. The molecule has 3 nitrogen and oxygen atoms in total. The van der Waals surface area contributed by atoms with Crippen molar-refractivity contribution in [2.75, 3.05) is 5.32 Å². The van der Waals surface area contributed by atoms with Crippen LogP contribution in [0.3, 0.4) is 0 Å². The number of para-hydroxylation sites is 1. The number of benzene rings is 3. The lowest BCUT2D eigenvalue weighted by Crippen LogP contribution is -2.07. The number of nitrogens with one attached hydrogen (secondary N) is 1. The van der Waals surface area contributed by atoms with Crippen molar-refractivity contribution in [2.24, 2.45) is 0 Å². The first-order chi connectivity index (χ1) is 13.5. The minimum absolute atomic E-state index is 0.192. The Hall–Kier alpha value is -3.40. The zero-order chi connectivity index (χ0) is 19.7. The highest BCUT2D eigenvalue weighted by Crippen LogP contribution is 2.33. The number of ketones is 1. The molecule has 0 atom stereocenters. The average Bonchev–Trinajstić information content (AvgIpc) is 3.06. The van der Waals surface area contributed by atoms with E-state index in [0.29, 0.717) is 23.4 Å². The molecule has 1 heterocycles. The van der Waals surface area contributed by atoms with Crippen LogP contribution >= 0.6 is 0 Å². The summed E-state index contributed by atoms with van der Waals surface area (Å²) in [6.07, 6.45) is 0. The van der Waals surface area contributed by atoms with Gasteiger partial charge < -0.3 is 9.73 Å². The van der Waals surface area contributed by atoms with Gasteiger partial charge in [0.1, 0.15) is 11.4 Å². The summed E-state index contributed by atoms with van der Waals surface area (Å²) in [5.74, 6) is -0.560. The molecule has 0 amide bonds. The maximum Gasteiger partial charge on any atom is 0.230 e. The lowest BCUT2D eigenvalue weighted by molar-refractivity contribution is 0.101. The highest BCUT2D eigenvalue weighted by Gasteiger charge is 2.22. The van der Waals surface area contributed by atoms with Crippen LogP contribution < -0.4 is 5.32 Å². The number of hydrogen-bond acceptors (Lipinski definition) is 3. The lowest BCUT2D eigenvalue weighted by Gasteiger charge is -2.08. The number of anilines is 1. The van der Waals surface area contributed by atoms with Crippen LogP contribution in [0.1, 0.15) is 32.8 Å². The Bertz CT molecular complexity index is 1180. The predicted octanol–water partition coefficient (Wildman–Crippen LogP) is 6.03. The summed E-state index contributed by atoms with van der Waals surface area (Å²) >= 11 is 0. The van der Waals surface area contributed by atoms with Gasteiger partial charge in [-0.05, 0) is 43.2 Å². The second-order valence-electron chi connectivity index (χ2n) is 6.94. The van der Waals surface area contributed by atoms with Gasteiger partial charge in [-0.2, -0.15) is 0 Å². The Labute approximate surface area is 162 Å². The third-order valence-corrected chi connectivity index (χ3v) is 4.79. The number of carbonyl (C=O) groups is 1. The highest BCUT2D eigenvalue weighted by atomic mass is 19.1. The molecule has 4 heteroatoms. The van der Waals surface area contributed by atoms with Gasteiger partial charge in [-0.3, -0.25) is 4.79 Å². The van der Waals surface area contributed by atoms with Crippen LogP contribution in [0.5, 0.6) is 0 Å². The normalized spacial score (nSPS) is 11.0. The van der Waals surface area contributed by atoms with Crippen molar-refractivity contribution in [2.45, 2.75) is 20.4 Å². The summed E-state index contributed by atoms with van der Waals surface area (Å²) < 4.78 is 19.8. The molecule has 0 aliphatic carbocycles. The summed E-state index contributed by atoms with van der Waals surface area (Å²) in [5, 5.41) is 4.17. The zero-order valence-electron chi connectivity index (χ0n) is 15.8. The van der Waals surface area contributed by atoms with E-state index in [2.05, 4.69) is 11.4 Å². The topological polar surface area (TPSA) is 42.2 Å². The summed E-state index contributed by atoms with van der Waals surface area (Å²) in [7, 11) is 0. The van der Waals surface area contributed by atoms with Gasteiger partial charge in [0.15, 0.2) is 5.76 Å². The van der Waals surface area contributed by atoms with Crippen LogP contribution in [0, 0.1) is 19.7 Å². The summed E-state index contributed by atoms with van der Waals surface area (Å²) in [5.41, 5.74) is 4.28. The van der Waals surface area contributed by atoms with E-state index in [1.54, 1.807) is 19.1 Å². The molecule has 1 N–H and O–H groups in total. The summed E-state index contributed by atoms with van der Waals surface area (Å²) in [4.78, 5) is 13.1. The Morgan fingerprint density at radius 2 is 1.82 bits per heavy atom. The highest BCUT2D eigenvalue weighted by molar-refractivity contribution is 6.14. The van der Waals surface area contributed by atoms with Gasteiger partial charge >= 0.3 is 0 Å². The molecule has 4 aromatic rings. The summed E-state index contributed by atoms with van der Waals surface area (Å²) in [6, 6.07) is 20.1. The SMILES string of the molecule is Cc1cccc(CNc2c(C(=O)c3ccc(C)c(F)c3)oc3ccccc23)c1. The minimum Gasteiger partial charge on any atom is -0.450 e. The molecule has 0 unspecified atom stereocenters. The van der Waals surface area contributed by atoms with E-state index in [0.717, 1.165) is 10.9 Å². The molecular formula is C24H20FNO2. The van der Waals surface area contributed by atoms with Crippen LogP contribution in [-0.4, -0.2) is 5.78 Å². The third-order valence-electron chi connectivity index (χ3n) is 4.79. The first kappa shape index (κ1) is 18.0. The molecule has 0 aliphatic rings. The lowest BCUT2D eigenvalue weighted by atomic mass is 10.0. The molecule has 0 saturated carbocycles. The van der Waals surface area contributed by atoms with E-state index in [1.807, 2.05) is 49.4 Å². The quantitative estimate of drug-likeness (QED) is 0.434. The van der Waals surface area contributed by atoms with Crippen molar-refractivity contribution < 1.29 is 13.6 Å². The third kappa shape index (κ3) is 3.41.